The largest absolute Gasteiger partial charge is 0.0629 e. The number of hydrogen-bond acceptors (Lipinski definition) is 0. The van der Waals surface area contributed by atoms with Gasteiger partial charge in [0.15, 0.2) is 0 Å². The minimum absolute atomic E-state index is 0.0284. The maximum atomic E-state index is 9.25. The zero-order valence-corrected chi connectivity index (χ0v) is 21.5. The Balaban J connectivity index is 1.32. The second-order valence-electron chi connectivity index (χ2n) is 10.6. The van der Waals surface area contributed by atoms with E-state index in [1.54, 1.807) is 0 Å². The van der Waals surface area contributed by atoms with Crippen molar-refractivity contribution in [3.63, 3.8) is 0 Å². The number of rotatable bonds is 2. The van der Waals surface area contributed by atoms with E-state index in [0.717, 1.165) is 70.2 Å². The summed E-state index contributed by atoms with van der Waals surface area (Å²) < 4.78 is 37.0. The molecular weight excluding hydrogens is 480 g/mol. The fraction of sp³-hybridized carbons (Fsp3) is 0. The van der Waals surface area contributed by atoms with Gasteiger partial charge in [-0.3, -0.25) is 0 Å². The minimum Gasteiger partial charge on any atom is -0.0616 e. The molecule has 0 radical (unpaired) electrons. The molecule has 0 aromatic heterocycles. The molecule has 9 aromatic rings. The molecule has 9 aromatic carbocycles. The highest BCUT2D eigenvalue weighted by Crippen LogP contribution is 2.40. The monoisotopic (exact) mass is 508 g/mol. The fourth-order valence-corrected chi connectivity index (χ4v) is 6.53. The van der Waals surface area contributed by atoms with Crippen LogP contribution in [0.5, 0.6) is 0 Å². The summed E-state index contributed by atoms with van der Waals surface area (Å²) in [5, 5.41) is 13.0. The van der Waals surface area contributed by atoms with Crippen molar-refractivity contribution in [1.29, 1.82) is 0 Å². The first-order valence-electron chi connectivity index (χ1n) is 15.6. The molecule has 0 nitrogen and oxygen atoms in total. The third kappa shape index (κ3) is 3.08. The van der Waals surface area contributed by atoms with Gasteiger partial charge in [0.25, 0.3) is 0 Å². The molecule has 0 heteroatoms. The Bertz CT molecular complexity index is 2610. The van der Waals surface area contributed by atoms with Gasteiger partial charge in [-0.05, 0) is 99.0 Å². The lowest BCUT2D eigenvalue weighted by molar-refractivity contribution is 1.63. The average Bonchev–Trinajstić information content (AvgIpc) is 3.06. The van der Waals surface area contributed by atoms with Crippen LogP contribution in [0.25, 0.3) is 86.9 Å². The lowest BCUT2D eigenvalue weighted by Gasteiger charge is -2.15. The molecule has 0 heterocycles. The van der Waals surface area contributed by atoms with Gasteiger partial charge in [0.05, 0.1) is 5.48 Å². The smallest absolute Gasteiger partial charge is 0.0616 e. The van der Waals surface area contributed by atoms with Crippen LogP contribution in [0.1, 0.15) is 5.48 Å². The van der Waals surface area contributed by atoms with E-state index in [4.69, 9.17) is 0 Å². The molecule has 40 heavy (non-hydrogen) atoms. The molecule has 0 bridgehead atoms. The highest BCUT2D eigenvalue weighted by molar-refractivity contribution is 6.25. The van der Waals surface area contributed by atoms with Gasteiger partial charge in [-0.2, -0.15) is 0 Å². The summed E-state index contributed by atoms with van der Waals surface area (Å²) in [4.78, 5) is 0. The van der Waals surface area contributed by atoms with Gasteiger partial charge < -0.3 is 0 Å². The molecule has 0 saturated carbocycles. The molecule has 0 unspecified atom stereocenters. The van der Waals surface area contributed by atoms with Crippen molar-refractivity contribution in [2.45, 2.75) is 0 Å². The molecule has 0 aliphatic carbocycles. The summed E-state index contributed by atoms with van der Waals surface area (Å²) in [5.74, 6) is 0. The van der Waals surface area contributed by atoms with Crippen LogP contribution in [0, 0.1) is 0 Å². The predicted octanol–water partition coefficient (Wildman–Crippen LogP) is 11.4. The van der Waals surface area contributed by atoms with Crippen LogP contribution in [0.3, 0.4) is 0 Å². The summed E-state index contributed by atoms with van der Waals surface area (Å²) in [6, 6.07) is 41.3. The van der Waals surface area contributed by atoms with Gasteiger partial charge in [0.1, 0.15) is 0 Å². The highest BCUT2D eigenvalue weighted by atomic mass is 14.2. The first-order chi connectivity index (χ1) is 21.5. The van der Waals surface area contributed by atoms with Gasteiger partial charge in [-0.1, -0.05) is 133 Å². The highest BCUT2D eigenvalue weighted by Gasteiger charge is 2.13. The molecule has 0 aliphatic heterocycles. The Morgan fingerprint density at radius 3 is 1.70 bits per heavy atom. The first kappa shape index (κ1) is 18.2. The molecule has 0 amide bonds. The van der Waals surface area contributed by atoms with E-state index >= 15 is 0 Å². The maximum Gasteiger partial charge on any atom is 0.0629 e. The van der Waals surface area contributed by atoms with Crippen molar-refractivity contribution in [2.75, 3.05) is 0 Å². The summed E-state index contributed by atoms with van der Waals surface area (Å²) >= 11 is 0. The van der Waals surface area contributed by atoms with Crippen LogP contribution in [0.4, 0.5) is 0 Å². The van der Waals surface area contributed by atoms with Crippen LogP contribution in [0.2, 0.25) is 0 Å². The Hall–Kier alpha value is -5.20. The molecule has 0 aliphatic rings. The van der Waals surface area contributed by atoms with E-state index in [0.29, 0.717) is 16.7 Å². The summed E-state index contributed by atoms with van der Waals surface area (Å²) in [6.45, 7) is 0. The minimum atomic E-state index is -0.0304. The number of fused-ring (bicyclic) bond motifs is 4. The van der Waals surface area contributed by atoms with E-state index in [2.05, 4.69) is 78.9 Å². The fourth-order valence-electron chi connectivity index (χ4n) is 6.53. The molecule has 9 rings (SSSR count). The quantitative estimate of drug-likeness (QED) is 0.161. The molecule has 0 fully saturated rings. The molecule has 0 atom stereocenters. The number of hydrogen-bond donors (Lipinski definition) is 0. The summed E-state index contributed by atoms with van der Waals surface area (Å²) in [7, 11) is 0. The average molecular weight is 509 g/mol. The summed E-state index contributed by atoms with van der Waals surface area (Å²) in [5.41, 5.74) is 2.08. The van der Waals surface area contributed by atoms with E-state index in [1.165, 1.54) is 0 Å². The standard InChI is InChI=1S/C40H24/c1-2-9-33-25(5-1)15-18-32-23-31-8-4-10-34(37(31)24-38(32)33)26-11-13-27(14-12-26)35-21-19-30-17-16-28-6-3-7-29-20-22-36(35)40(30)39(28)29/h1-24H/i11D,12D,13D,14D. The molecule has 0 spiro atoms. The second-order valence-corrected chi connectivity index (χ2v) is 10.6. The second kappa shape index (κ2) is 8.15. The Morgan fingerprint density at radius 2 is 0.875 bits per heavy atom. The lowest BCUT2D eigenvalue weighted by Crippen LogP contribution is -1.88. The normalized spacial score (nSPS) is 13.4. The summed E-state index contributed by atoms with van der Waals surface area (Å²) in [6.07, 6.45) is 0. The molecular formula is C40H24. The van der Waals surface area contributed by atoms with Crippen LogP contribution in [-0.4, -0.2) is 0 Å². The third-order valence-electron chi connectivity index (χ3n) is 8.44. The predicted molar refractivity (Wildman–Crippen MR) is 174 cm³/mol. The van der Waals surface area contributed by atoms with Crippen molar-refractivity contribution in [2.24, 2.45) is 0 Å². The van der Waals surface area contributed by atoms with Crippen LogP contribution in [-0.2, 0) is 0 Å². The number of benzene rings is 9. The molecule has 0 N–H and O–H groups in total. The Morgan fingerprint density at radius 1 is 0.325 bits per heavy atom. The van der Waals surface area contributed by atoms with Gasteiger partial charge >= 0.3 is 0 Å². The van der Waals surface area contributed by atoms with Crippen molar-refractivity contribution in [1.82, 2.24) is 0 Å². The van der Waals surface area contributed by atoms with Crippen molar-refractivity contribution >= 4 is 64.6 Å². The molecule has 0 saturated heterocycles. The van der Waals surface area contributed by atoms with Crippen LogP contribution in [0.15, 0.2) is 145 Å². The Kier molecular flexibility index (Phi) is 3.70. The van der Waals surface area contributed by atoms with Gasteiger partial charge in [0.2, 0.25) is 0 Å². The van der Waals surface area contributed by atoms with Crippen molar-refractivity contribution in [3.8, 4) is 22.3 Å². The molecule has 184 valence electrons. The Labute approximate surface area is 237 Å². The van der Waals surface area contributed by atoms with E-state index in [9.17, 15) is 5.48 Å². The van der Waals surface area contributed by atoms with E-state index < -0.39 is 0 Å². The van der Waals surface area contributed by atoms with Gasteiger partial charge in [0, 0.05) is 0 Å². The maximum absolute atomic E-state index is 9.25. The first-order valence-corrected chi connectivity index (χ1v) is 13.6. The van der Waals surface area contributed by atoms with Gasteiger partial charge in [-0.15, -0.1) is 0 Å². The third-order valence-corrected chi connectivity index (χ3v) is 8.44. The zero-order chi connectivity index (χ0) is 29.7. The van der Waals surface area contributed by atoms with Crippen molar-refractivity contribution < 1.29 is 5.48 Å². The van der Waals surface area contributed by atoms with Crippen LogP contribution < -0.4 is 0 Å². The SMILES string of the molecule is [2H]c1c([2H])c(-c2ccc3ccc4cccc5ccc2c3c45)c([2H])c([2H])c1-c1cccc2cc3ccc4ccccc4c3cc12. The van der Waals surface area contributed by atoms with Crippen molar-refractivity contribution in [3.05, 3.63) is 145 Å². The topological polar surface area (TPSA) is 0 Å². The van der Waals surface area contributed by atoms with E-state index in [-0.39, 0.29) is 24.2 Å². The zero-order valence-electron chi connectivity index (χ0n) is 25.5. The lowest BCUT2D eigenvalue weighted by atomic mass is 9.89. The van der Waals surface area contributed by atoms with Crippen LogP contribution >= 0.6 is 0 Å². The van der Waals surface area contributed by atoms with E-state index in [1.807, 2.05) is 42.5 Å². The van der Waals surface area contributed by atoms with Gasteiger partial charge in [-0.25, -0.2) is 0 Å².